The van der Waals surface area contributed by atoms with Gasteiger partial charge in [0.25, 0.3) is 0 Å². The third-order valence-corrected chi connectivity index (χ3v) is 3.05. The van der Waals surface area contributed by atoms with Crippen LogP contribution in [0.15, 0.2) is 34.9 Å². The van der Waals surface area contributed by atoms with E-state index in [0.717, 1.165) is 5.56 Å². The Morgan fingerprint density at radius 2 is 2.09 bits per heavy atom. The fraction of sp³-hybridized carbons (Fsp3) is 0.375. The zero-order valence-electron chi connectivity index (χ0n) is 13.0. The summed E-state index contributed by atoms with van der Waals surface area (Å²) in [4.78, 5) is 11.8. The van der Waals surface area contributed by atoms with Crippen LogP contribution in [0.1, 0.15) is 39.4 Å². The Hall–Kier alpha value is -2.01. The van der Waals surface area contributed by atoms with Gasteiger partial charge in [-0.15, -0.1) is 0 Å². The Morgan fingerprint density at radius 1 is 1.36 bits per heavy atom. The van der Waals surface area contributed by atoms with Crippen LogP contribution < -0.4 is 5.32 Å². The zero-order valence-corrected chi connectivity index (χ0v) is 13.8. The Morgan fingerprint density at radius 3 is 2.73 bits per heavy atom. The number of ether oxygens (including phenoxy) is 1. The lowest BCUT2D eigenvalue weighted by Gasteiger charge is -2.21. The van der Waals surface area contributed by atoms with Crippen molar-refractivity contribution in [2.75, 3.05) is 0 Å². The maximum Gasteiger partial charge on any atom is 0.408 e. The van der Waals surface area contributed by atoms with Gasteiger partial charge in [0.15, 0.2) is 5.76 Å². The summed E-state index contributed by atoms with van der Waals surface area (Å²) in [5, 5.41) is 7.32. The van der Waals surface area contributed by atoms with Gasteiger partial charge >= 0.3 is 6.09 Å². The van der Waals surface area contributed by atoms with Gasteiger partial charge in [0.2, 0.25) is 0 Å². The number of aromatic nitrogens is 1. The van der Waals surface area contributed by atoms with Gasteiger partial charge in [-0.05, 0) is 39.8 Å². The van der Waals surface area contributed by atoms with Gasteiger partial charge in [-0.1, -0.05) is 28.9 Å². The molecule has 0 saturated carbocycles. The van der Waals surface area contributed by atoms with Crippen molar-refractivity contribution in [1.29, 1.82) is 0 Å². The highest BCUT2D eigenvalue weighted by Gasteiger charge is 2.20. The van der Waals surface area contributed by atoms with Crippen LogP contribution in [0.2, 0.25) is 5.02 Å². The maximum atomic E-state index is 11.8. The smallest absolute Gasteiger partial charge is 0.408 e. The second-order valence-electron chi connectivity index (χ2n) is 5.99. The van der Waals surface area contributed by atoms with Crippen molar-refractivity contribution in [1.82, 2.24) is 10.5 Å². The number of benzene rings is 1. The standard InChI is InChI=1S/C16H19ClN2O3/c1-10(18-15(20)21-16(2,3)4)13-9-14(22-19-13)11-6-5-7-12(17)8-11/h5-10H,1-4H3,(H,18,20). The molecule has 0 bridgehead atoms. The molecule has 1 aromatic heterocycles. The first-order chi connectivity index (χ1) is 10.2. The summed E-state index contributed by atoms with van der Waals surface area (Å²) in [6.07, 6.45) is -0.493. The summed E-state index contributed by atoms with van der Waals surface area (Å²) in [5.41, 5.74) is 0.899. The summed E-state index contributed by atoms with van der Waals surface area (Å²) in [6, 6.07) is 8.73. The molecule has 1 unspecified atom stereocenters. The molecule has 22 heavy (non-hydrogen) atoms. The molecule has 0 radical (unpaired) electrons. The van der Waals surface area contributed by atoms with E-state index in [1.54, 1.807) is 18.2 Å². The number of hydrogen-bond donors (Lipinski definition) is 1. The first kappa shape index (κ1) is 16.4. The van der Waals surface area contributed by atoms with Gasteiger partial charge < -0.3 is 14.6 Å². The molecule has 1 N–H and O–H groups in total. The molecule has 1 atom stereocenters. The van der Waals surface area contributed by atoms with Gasteiger partial charge in [-0.3, -0.25) is 0 Å². The van der Waals surface area contributed by atoms with E-state index in [4.69, 9.17) is 20.9 Å². The number of hydrogen-bond acceptors (Lipinski definition) is 4. The highest BCUT2D eigenvalue weighted by atomic mass is 35.5. The first-order valence-corrected chi connectivity index (χ1v) is 7.34. The number of amides is 1. The Kier molecular flexibility index (Phi) is 4.76. The van der Waals surface area contributed by atoms with Crippen LogP contribution in [-0.4, -0.2) is 16.9 Å². The van der Waals surface area contributed by atoms with E-state index in [-0.39, 0.29) is 6.04 Å². The minimum absolute atomic E-state index is 0.327. The Labute approximate surface area is 134 Å². The second kappa shape index (κ2) is 6.40. The molecule has 2 aromatic rings. The molecule has 1 aromatic carbocycles. The molecule has 0 aliphatic rings. The number of alkyl carbamates (subject to hydrolysis) is 1. The predicted octanol–water partition coefficient (Wildman–Crippen LogP) is 4.58. The average Bonchev–Trinajstić information content (AvgIpc) is 2.85. The number of carbonyl (C=O) groups is 1. The minimum atomic E-state index is -0.542. The largest absolute Gasteiger partial charge is 0.444 e. The minimum Gasteiger partial charge on any atom is -0.444 e. The van der Waals surface area contributed by atoms with E-state index in [0.29, 0.717) is 16.5 Å². The van der Waals surface area contributed by atoms with Crippen LogP contribution in [0.3, 0.4) is 0 Å². The number of halogens is 1. The third kappa shape index (κ3) is 4.49. The van der Waals surface area contributed by atoms with Crippen LogP contribution in [0.4, 0.5) is 4.79 Å². The number of carbonyl (C=O) groups excluding carboxylic acids is 1. The van der Waals surface area contributed by atoms with Crippen molar-refractivity contribution in [3.63, 3.8) is 0 Å². The van der Waals surface area contributed by atoms with E-state index in [1.807, 2.05) is 39.8 Å². The molecule has 0 spiro atoms. The van der Waals surface area contributed by atoms with Crippen molar-refractivity contribution in [3.8, 4) is 11.3 Å². The van der Waals surface area contributed by atoms with Crippen LogP contribution in [-0.2, 0) is 4.74 Å². The third-order valence-electron chi connectivity index (χ3n) is 2.81. The average molecular weight is 323 g/mol. The monoisotopic (exact) mass is 322 g/mol. The van der Waals surface area contributed by atoms with Crippen LogP contribution in [0.25, 0.3) is 11.3 Å². The lowest BCUT2D eigenvalue weighted by Crippen LogP contribution is -2.34. The van der Waals surface area contributed by atoms with Crippen molar-refractivity contribution in [2.24, 2.45) is 0 Å². The van der Waals surface area contributed by atoms with E-state index < -0.39 is 11.7 Å². The van der Waals surface area contributed by atoms with Gasteiger partial charge in [-0.25, -0.2) is 4.79 Å². The molecule has 1 amide bonds. The molecule has 0 fully saturated rings. The molecule has 0 aliphatic carbocycles. The van der Waals surface area contributed by atoms with Crippen molar-refractivity contribution < 1.29 is 14.1 Å². The summed E-state index contributed by atoms with van der Waals surface area (Å²) in [5.74, 6) is 0.593. The number of nitrogens with one attached hydrogen (secondary N) is 1. The number of rotatable bonds is 3. The molecule has 5 nitrogen and oxygen atoms in total. The van der Waals surface area contributed by atoms with Crippen molar-refractivity contribution >= 4 is 17.7 Å². The van der Waals surface area contributed by atoms with E-state index in [1.165, 1.54) is 0 Å². The summed E-state index contributed by atoms with van der Waals surface area (Å²) < 4.78 is 10.5. The van der Waals surface area contributed by atoms with Gasteiger partial charge in [0, 0.05) is 16.7 Å². The molecule has 6 heteroatoms. The fourth-order valence-electron chi connectivity index (χ4n) is 1.83. The lowest BCUT2D eigenvalue weighted by molar-refractivity contribution is 0.0506. The number of nitrogens with zero attached hydrogens (tertiary/aromatic N) is 1. The normalized spacial score (nSPS) is 12.8. The Bertz CT molecular complexity index is 661. The van der Waals surface area contributed by atoms with Crippen LogP contribution >= 0.6 is 11.6 Å². The summed E-state index contributed by atoms with van der Waals surface area (Å²) in [6.45, 7) is 7.24. The second-order valence-corrected chi connectivity index (χ2v) is 6.43. The highest BCUT2D eigenvalue weighted by molar-refractivity contribution is 6.30. The molecular weight excluding hydrogens is 304 g/mol. The summed E-state index contributed by atoms with van der Waals surface area (Å²) >= 11 is 5.96. The van der Waals surface area contributed by atoms with Crippen molar-refractivity contribution in [2.45, 2.75) is 39.3 Å². The van der Waals surface area contributed by atoms with Crippen molar-refractivity contribution in [3.05, 3.63) is 41.0 Å². The van der Waals surface area contributed by atoms with Gasteiger partial charge in [0.1, 0.15) is 11.3 Å². The van der Waals surface area contributed by atoms with Crippen LogP contribution in [0, 0.1) is 0 Å². The fourth-order valence-corrected chi connectivity index (χ4v) is 2.02. The molecule has 1 heterocycles. The topological polar surface area (TPSA) is 64.4 Å². The van der Waals surface area contributed by atoms with E-state index in [9.17, 15) is 4.79 Å². The van der Waals surface area contributed by atoms with Gasteiger partial charge in [-0.2, -0.15) is 0 Å². The quantitative estimate of drug-likeness (QED) is 0.898. The van der Waals surface area contributed by atoms with Gasteiger partial charge in [0.05, 0.1) is 6.04 Å². The van der Waals surface area contributed by atoms with E-state index >= 15 is 0 Å². The molecule has 118 valence electrons. The molecule has 0 aliphatic heterocycles. The lowest BCUT2D eigenvalue weighted by atomic mass is 10.1. The molecule has 2 rings (SSSR count). The van der Waals surface area contributed by atoms with E-state index in [2.05, 4.69) is 10.5 Å². The summed E-state index contributed by atoms with van der Waals surface area (Å²) in [7, 11) is 0. The molecular formula is C16H19ClN2O3. The highest BCUT2D eigenvalue weighted by Crippen LogP contribution is 2.25. The van der Waals surface area contributed by atoms with Crippen LogP contribution in [0.5, 0.6) is 0 Å². The zero-order chi connectivity index (χ0) is 16.3. The maximum absolute atomic E-state index is 11.8. The SMILES string of the molecule is CC(NC(=O)OC(C)(C)C)c1cc(-c2cccc(Cl)c2)on1. The Balaban J connectivity index is 2.06. The first-order valence-electron chi connectivity index (χ1n) is 6.97. The predicted molar refractivity (Wildman–Crippen MR) is 84.7 cm³/mol. The molecule has 0 saturated heterocycles.